The molecule has 0 aliphatic rings. The first-order valence-corrected chi connectivity index (χ1v) is 7.55. The lowest BCUT2D eigenvalue weighted by atomic mass is 9.84. The Morgan fingerprint density at radius 3 is 2.57 bits per heavy atom. The van der Waals surface area contributed by atoms with Crippen LogP contribution >= 0.6 is 15.9 Å². The summed E-state index contributed by atoms with van der Waals surface area (Å²) in [5.74, 6) is -1.26. The number of nitrogens with one attached hydrogen (secondary N) is 1. The lowest BCUT2D eigenvalue weighted by Gasteiger charge is -2.24. The van der Waals surface area contributed by atoms with E-state index in [1.807, 2.05) is 19.9 Å². The largest absolute Gasteiger partial charge is 0.481 e. The molecule has 0 bridgehead atoms. The molecule has 0 heterocycles. The smallest absolute Gasteiger partial charge is 0.303 e. The van der Waals surface area contributed by atoms with Crippen LogP contribution in [0.1, 0.15) is 43.5 Å². The van der Waals surface area contributed by atoms with Gasteiger partial charge in [-0.25, -0.2) is 0 Å². The SMILES string of the molecule is CC(C)(CCNc1cc(Br)ccc1C(N)=O)CCC(=O)O. The van der Waals surface area contributed by atoms with Gasteiger partial charge in [-0.3, -0.25) is 9.59 Å². The van der Waals surface area contributed by atoms with Crippen molar-refractivity contribution in [2.75, 3.05) is 11.9 Å². The molecule has 0 saturated carbocycles. The Labute approximate surface area is 133 Å². The van der Waals surface area contributed by atoms with Crippen molar-refractivity contribution in [3.63, 3.8) is 0 Å². The van der Waals surface area contributed by atoms with E-state index >= 15 is 0 Å². The van der Waals surface area contributed by atoms with Crippen molar-refractivity contribution in [3.8, 4) is 0 Å². The third-order valence-corrected chi connectivity index (χ3v) is 3.87. The molecule has 1 aromatic carbocycles. The number of carboxylic acids is 1. The van der Waals surface area contributed by atoms with Gasteiger partial charge < -0.3 is 16.2 Å². The fraction of sp³-hybridized carbons (Fsp3) is 0.467. The summed E-state index contributed by atoms with van der Waals surface area (Å²) in [6.45, 7) is 4.71. The van der Waals surface area contributed by atoms with E-state index in [0.29, 0.717) is 24.2 Å². The van der Waals surface area contributed by atoms with Crippen LogP contribution in [0, 0.1) is 5.41 Å². The molecule has 0 aliphatic heterocycles. The van der Waals surface area contributed by atoms with Crippen LogP contribution in [0.4, 0.5) is 5.69 Å². The lowest BCUT2D eigenvalue weighted by Crippen LogP contribution is -2.20. The minimum atomic E-state index is -0.779. The number of benzene rings is 1. The summed E-state index contributed by atoms with van der Waals surface area (Å²) in [5, 5.41) is 11.9. The Balaban J connectivity index is 2.61. The molecule has 1 amide bonds. The van der Waals surface area contributed by atoms with E-state index in [4.69, 9.17) is 10.8 Å². The van der Waals surface area contributed by atoms with E-state index in [0.717, 1.165) is 10.9 Å². The van der Waals surface area contributed by atoms with Crippen LogP contribution in [-0.4, -0.2) is 23.5 Å². The summed E-state index contributed by atoms with van der Waals surface area (Å²) in [4.78, 5) is 22.0. The predicted molar refractivity (Wildman–Crippen MR) is 86.4 cm³/mol. The summed E-state index contributed by atoms with van der Waals surface area (Å²) in [6, 6.07) is 5.25. The topological polar surface area (TPSA) is 92.4 Å². The number of rotatable bonds is 8. The highest BCUT2D eigenvalue weighted by atomic mass is 79.9. The number of hydrogen-bond donors (Lipinski definition) is 3. The lowest BCUT2D eigenvalue weighted by molar-refractivity contribution is -0.137. The Kier molecular flexibility index (Phi) is 6.20. The standard InChI is InChI=1S/C15H21BrN2O3/c1-15(2,6-5-13(19)20)7-8-18-12-9-10(16)3-4-11(12)14(17)21/h3-4,9,18H,5-8H2,1-2H3,(H2,17,21)(H,19,20). The van der Waals surface area contributed by atoms with Gasteiger partial charge in [0.25, 0.3) is 5.91 Å². The minimum absolute atomic E-state index is 0.0791. The molecule has 0 spiro atoms. The normalized spacial score (nSPS) is 11.2. The molecule has 6 heteroatoms. The molecule has 0 radical (unpaired) electrons. The quantitative estimate of drug-likeness (QED) is 0.666. The molecule has 1 aromatic rings. The van der Waals surface area contributed by atoms with E-state index in [1.54, 1.807) is 12.1 Å². The highest BCUT2D eigenvalue weighted by molar-refractivity contribution is 9.10. The minimum Gasteiger partial charge on any atom is -0.481 e. The Morgan fingerprint density at radius 1 is 1.33 bits per heavy atom. The van der Waals surface area contributed by atoms with Crippen molar-refractivity contribution in [3.05, 3.63) is 28.2 Å². The second-order valence-electron chi connectivity index (χ2n) is 5.79. The van der Waals surface area contributed by atoms with Crippen LogP contribution in [0.2, 0.25) is 0 Å². The molecule has 0 atom stereocenters. The fourth-order valence-corrected chi connectivity index (χ4v) is 2.34. The summed E-state index contributed by atoms with van der Waals surface area (Å²) < 4.78 is 0.861. The first-order chi connectivity index (χ1) is 9.71. The van der Waals surface area contributed by atoms with Crippen LogP contribution in [0.25, 0.3) is 0 Å². The predicted octanol–water partition coefficient (Wildman–Crippen LogP) is 3.24. The molecule has 0 fully saturated rings. The van der Waals surface area contributed by atoms with Crippen molar-refractivity contribution >= 4 is 33.5 Å². The van der Waals surface area contributed by atoms with E-state index in [9.17, 15) is 9.59 Å². The zero-order valence-corrected chi connectivity index (χ0v) is 13.9. The number of halogens is 1. The molecule has 0 saturated heterocycles. The molecule has 4 N–H and O–H groups in total. The first kappa shape index (κ1) is 17.5. The van der Waals surface area contributed by atoms with Crippen LogP contribution in [0.5, 0.6) is 0 Å². The molecule has 0 aliphatic carbocycles. The molecule has 21 heavy (non-hydrogen) atoms. The van der Waals surface area contributed by atoms with Crippen LogP contribution in [-0.2, 0) is 4.79 Å². The average molecular weight is 357 g/mol. The number of carboxylic acid groups (broad SMARTS) is 1. The van der Waals surface area contributed by atoms with E-state index in [1.165, 1.54) is 0 Å². The molecule has 0 aromatic heterocycles. The first-order valence-electron chi connectivity index (χ1n) is 6.76. The van der Waals surface area contributed by atoms with Crippen molar-refractivity contribution < 1.29 is 14.7 Å². The number of nitrogens with two attached hydrogens (primary N) is 1. The fourth-order valence-electron chi connectivity index (χ4n) is 1.98. The van der Waals surface area contributed by atoms with Gasteiger partial charge in [0.1, 0.15) is 0 Å². The van der Waals surface area contributed by atoms with Crippen LogP contribution < -0.4 is 11.1 Å². The molecular weight excluding hydrogens is 336 g/mol. The Hall–Kier alpha value is -1.56. The average Bonchev–Trinajstić information content (AvgIpc) is 2.36. The number of amides is 1. The van der Waals surface area contributed by atoms with Gasteiger partial charge in [0.05, 0.1) is 5.56 Å². The van der Waals surface area contributed by atoms with Gasteiger partial charge in [-0.2, -0.15) is 0 Å². The Bertz CT molecular complexity index is 530. The van der Waals surface area contributed by atoms with E-state index in [-0.39, 0.29) is 11.8 Å². The number of carbonyl (C=O) groups is 2. The van der Waals surface area contributed by atoms with Gasteiger partial charge in [0.2, 0.25) is 0 Å². The zero-order valence-electron chi connectivity index (χ0n) is 12.3. The van der Waals surface area contributed by atoms with Gasteiger partial charge in [-0.1, -0.05) is 29.8 Å². The Morgan fingerprint density at radius 2 is 2.00 bits per heavy atom. The third kappa shape index (κ3) is 6.16. The van der Waals surface area contributed by atoms with E-state index < -0.39 is 11.9 Å². The number of anilines is 1. The van der Waals surface area contributed by atoms with Gasteiger partial charge >= 0.3 is 5.97 Å². The van der Waals surface area contributed by atoms with Crippen molar-refractivity contribution in [1.82, 2.24) is 0 Å². The monoisotopic (exact) mass is 356 g/mol. The number of aliphatic carboxylic acids is 1. The highest BCUT2D eigenvalue weighted by Crippen LogP contribution is 2.27. The van der Waals surface area contributed by atoms with Crippen molar-refractivity contribution in [1.29, 1.82) is 0 Å². The van der Waals surface area contributed by atoms with Gasteiger partial charge in [-0.05, 0) is 36.5 Å². The second kappa shape index (κ2) is 7.45. The van der Waals surface area contributed by atoms with E-state index in [2.05, 4.69) is 21.2 Å². The molecule has 116 valence electrons. The molecular formula is C15H21BrN2O3. The summed E-state index contributed by atoms with van der Waals surface area (Å²) in [6.07, 6.45) is 1.58. The highest BCUT2D eigenvalue weighted by Gasteiger charge is 2.19. The molecule has 1 rings (SSSR count). The van der Waals surface area contributed by atoms with Gasteiger partial charge in [-0.15, -0.1) is 0 Å². The van der Waals surface area contributed by atoms with Gasteiger partial charge in [0.15, 0.2) is 0 Å². The van der Waals surface area contributed by atoms with Gasteiger partial charge in [0, 0.05) is 23.1 Å². The van der Waals surface area contributed by atoms with Crippen molar-refractivity contribution in [2.24, 2.45) is 11.1 Å². The third-order valence-electron chi connectivity index (χ3n) is 3.38. The van der Waals surface area contributed by atoms with Crippen LogP contribution in [0.15, 0.2) is 22.7 Å². The number of primary amides is 1. The molecule has 0 unspecified atom stereocenters. The maximum absolute atomic E-state index is 11.4. The maximum Gasteiger partial charge on any atom is 0.303 e. The number of carbonyl (C=O) groups excluding carboxylic acids is 1. The number of hydrogen-bond acceptors (Lipinski definition) is 3. The summed E-state index contributed by atoms with van der Waals surface area (Å²) >= 11 is 3.36. The molecule has 5 nitrogen and oxygen atoms in total. The second-order valence-corrected chi connectivity index (χ2v) is 6.70. The van der Waals surface area contributed by atoms with Crippen molar-refractivity contribution in [2.45, 2.75) is 33.1 Å². The van der Waals surface area contributed by atoms with Crippen LogP contribution in [0.3, 0.4) is 0 Å². The maximum atomic E-state index is 11.4. The summed E-state index contributed by atoms with van der Waals surface area (Å²) in [7, 11) is 0. The summed E-state index contributed by atoms with van der Waals surface area (Å²) in [5.41, 5.74) is 6.40. The zero-order chi connectivity index (χ0) is 16.0.